The van der Waals surface area contributed by atoms with Crippen molar-refractivity contribution in [2.45, 2.75) is 6.92 Å². The fraction of sp³-hybridized carbons (Fsp3) is 0.333. The SMILES string of the molecule is CNCC(C)C(=O)Nc1cc(Br)ccc1C(=O)O. The number of carbonyl (C=O) groups excluding carboxylic acids is 1. The number of hydrogen-bond donors (Lipinski definition) is 3. The van der Waals surface area contributed by atoms with Crippen LogP contribution in [0, 0.1) is 5.92 Å². The molecular weight excluding hydrogens is 300 g/mol. The Labute approximate surface area is 114 Å². The van der Waals surface area contributed by atoms with E-state index in [2.05, 4.69) is 26.6 Å². The largest absolute Gasteiger partial charge is 0.478 e. The zero-order chi connectivity index (χ0) is 13.7. The minimum atomic E-state index is -1.07. The van der Waals surface area contributed by atoms with Crippen LogP contribution in [0.4, 0.5) is 5.69 Å². The molecule has 0 saturated carbocycles. The van der Waals surface area contributed by atoms with Gasteiger partial charge in [-0.2, -0.15) is 0 Å². The Morgan fingerprint density at radius 1 is 1.44 bits per heavy atom. The monoisotopic (exact) mass is 314 g/mol. The summed E-state index contributed by atoms with van der Waals surface area (Å²) in [5.41, 5.74) is 0.369. The predicted octanol–water partition coefficient (Wildman–Crippen LogP) is 1.94. The second-order valence-corrected chi connectivity index (χ2v) is 4.86. The van der Waals surface area contributed by atoms with E-state index in [1.165, 1.54) is 6.07 Å². The van der Waals surface area contributed by atoms with Gasteiger partial charge in [0.15, 0.2) is 0 Å². The van der Waals surface area contributed by atoms with Crippen LogP contribution < -0.4 is 10.6 Å². The summed E-state index contributed by atoms with van der Waals surface area (Å²) in [6.45, 7) is 2.30. The van der Waals surface area contributed by atoms with Crippen molar-refractivity contribution in [1.82, 2.24) is 5.32 Å². The van der Waals surface area contributed by atoms with Gasteiger partial charge in [-0.05, 0) is 25.2 Å². The third kappa shape index (κ3) is 3.82. The lowest BCUT2D eigenvalue weighted by Crippen LogP contribution is -2.29. The van der Waals surface area contributed by atoms with Gasteiger partial charge in [0, 0.05) is 16.9 Å². The van der Waals surface area contributed by atoms with Gasteiger partial charge in [-0.1, -0.05) is 22.9 Å². The molecule has 0 aliphatic heterocycles. The summed E-state index contributed by atoms with van der Waals surface area (Å²) in [6.07, 6.45) is 0. The molecule has 1 rings (SSSR count). The van der Waals surface area contributed by atoms with E-state index in [1.807, 2.05) is 0 Å². The van der Waals surface area contributed by atoms with Crippen LogP contribution in [0.5, 0.6) is 0 Å². The smallest absolute Gasteiger partial charge is 0.337 e. The molecule has 18 heavy (non-hydrogen) atoms. The van der Waals surface area contributed by atoms with Gasteiger partial charge in [0.1, 0.15) is 0 Å². The summed E-state index contributed by atoms with van der Waals surface area (Å²) in [7, 11) is 1.76. The minimum Gasteiger partial charge on any atom is -0.478 e. The highest BCUT2D eigenvalue weighted by atomic mass is 79.9. The van der Waals surface area contributed by atoms with E-state index in [-0.39, 0.29) is 17.4 Å². The Morgan fingerprint density at radius 2 is 2.11 bits per heavy atom. The van der Waals surface area contributed by atoms with E-state index in [4.69, 9.17) is 5.11 Å². The first-order chi connectivity index (χ1) is 8.45. The molecule has 1 aromatic carbocycles. The molecule has 3 N–H and O–H groups in total. The Hall–Kier alpha value is -1.40. The van der Waals surface area contributed by atoms with Crippen molar-refractivity contribution in [3.05, 3.63) is 28.2 Å². The Morgan fingerprint density at radius 3 is 2.67 bits per heavy atom. The number of benzene rings is 1. The topological polar surface area (TPSA) is 78.4 Å². The van der Waals surface area contributed by atoms with Crippen LogP contribution in [-0.4, -0.2) is 30.6 Å². The maximum absolute atomic E-state index is 11.8. The molecule has 5 nitrogen and oxygen atoms in total. The Kier molecular flexibility index (Phi) is 5.30. The van der Waals surface area contributed by atoms with Crippen LogP contribution in [0.15, 0.2) is 22.7 Å². The van der Waals surface area contributed by atoms with Gasteiger partial charge in [0.2, 0.25) is 5.91 Å². The highest BCUT2D eigenvalue weighted by Gasteiger charge is 2.16. The normalized spacial score (nSPS) is 11.9. The second kappa shape index (κ2) is 6.51. The number of amides is 1. The number of rotatable bonds is 5. The average molecular weight is 315 g/mol. The highest BCUT2D eigenvalue weighted by Crippen LogP contribution is 2.22. The van der Waals surface area contributed by atoms with Gasteiger partial charge < -0.3 is 15.7 Å². The van der Waals surface area contributed by atoms with Crippen molar-refractivity contribution in [1.29, 1.82) is 0 Å². The molecule has 0 aliphatic rings. The molecule has 98 valence electrons. The van der Waals surface area contributed by atoms with Gasteiger partial charge in [-0.25, -0.2) is 4.79 Å². The van der Waals surface area contributed by atoms with E-state index in [1.54, 1.807) is 26.1 Å². The number of aromatic carboxylic acids is 1. The van der Waals surface area contributed by atoms with Crippen molar-refractivity contribution in [3.8, 4) is 0 Å². The maximum atomic E-state index is 11.8. The first-order valence-corrected chi connectivity index (χ1v) is 6.23. The van der Waals surface area contributed by atoms with Crippen molar-refractivity contribution in [2.75, 3.05) is 18.9 Å². The van der Waals surface area contributed by atoms with Gasteiger partial charge in [0.25, 0.3) is 0 Å². The molecule has 0 bridgehead atoms. The number of carboxylic acid groups (broad SMARTS) is 1. The van der Waals surface area contributed by atoms with Crippen LogP contribution in [0.3, 0.4) is 0 Å². The lowest BCUT2D eigenvalue weighted by molar-refractivity contribution is -0.119. The maximum Gasteiger partial charge on any atom is 0.337 e. The summed E-state index contributed by atoms with van der Waals surface area (Å²) in [6, 6.07) is 4.65. The molecule has 1 amide bonds. The first kappa shape index (κ1) is 14.7. The predicted molar refractivity (Wildman–Crippen MR) is 72.8 cm³/mol. The molecule has 0 spiro atoms. The molecule has 6 heteroatoms. The molecule has 1 atom stereocenters. The van der Waals surface area contributed by atoms with E-state index in [0.717, 1.165) is 0 Å². The van der Waals surface area contributed by atoms with E-state index < -0.39 is 5.97 Å². The summed E-state index contributed by atoms with van der Waals surface area (Å²) in [4.78, 5) is 22.9. The average Bonchev–Trinajstić information content (AvgIpc) is 2.28. The van der Waals surface area contributed by atoms with Crippen LogP contribution in [0.25, 0.3) is 0 Å². The molecule has 1 aromatic rings. The fourth-order valence-corrected chi connectivity index (χ4v) is 1.82. The van der Waals surface area contributed by atoms with Crippen molar-refractivity contribution in [3.63, 3.8) is 0 Å². The van der Waals surface area contributed by atoms with Crippen LogP contribution in [0.2, 0.25) is 0 Å². The second-order valence-electron chi connectivity index (χ2n) is 3.94. The van der Waals surface area contributed by atoms with Gasteiger partial charge in [0.05, 0.1) is 11.3 Å². The van der Waals surface area contributed by atoms with Crippen molar-refractivity contribution >= 4 is 33.5 Å². The molecule has 0 heterocycles. The minimum absolute atomic E-state index is 0.0724. The third-order valence-corrected chi connectivity index (χ3v) is 2.92. The van der Waals surface area contributed by atoms with Crippen molar-refractivity contribution in [2.24, 2.45) is 5.92 Å². The van der Waals surface area contributed by atoms with Gasteiger partial charge in [-0.3, -0.25) is 4.79 Å². The Bertz CT molecular complexity index is 463. The molecule has 0 aliphatic carbocycles. The standard InChI is InChI=1S/C12H15BrN2O3/c1-7(6-14-2)11(16)15-10-5-8(13)3-4-9(10)12(17)18/h3-5,7,14H,6H2,1-2H3,(H,15,16)(H,17,18). The molecular formula is C12H15BrN2O3. The molecule has 0 fully saturated rings. The molecule has 0 saturated heterocycles. The molecule has 1 unspecified atom stereocenters. The van der Waals surface area contributed by atoms with Crippen LogP contribution >= 0.6 is 15.9 Å². The van der Waals surface area contributed by atoms with E-state index in [9.17, 15) is 9.59 Å². The lowest BCUT2D eigenvalue weighted by atomic mass is 10.1. The van der Waals surface area contributed by atoms with Gasteiger partial charge >= 0.3 is 5.97 Å². The number of halogens is 1. The Balaban J connectivity index is 2.92. The summed E-state index contributed by atoms with van der Waals surface area (Å²) in [5, 5.41) is 14.6. The number of anilines is 1. The summed E-state index contributed by atoms with van der Waals surface area (Å²) < 4.78 is 0.712. The summed E-state index contributed by atoms with van der Waals surface area (Å²) >= 11 is 3.25. The number of nitrogens with one attached hydrogen (secondary N) is 2. The third-order valence-electron chi connectivity index (χ3n) is 2.43. The first-order valence-electron chi connectivity index (χ1n) is 5.44. The fourth-order valence-electron chi connectivity index (χ4n) is 1.46. The lowest BCUT2D eigenvalue weighted by Gasteiger charge is -2.13. The quantitative estimate of drug-likeness (QED) is 0.776. The summed E-state index contributed by atoms with van der Waals surface area (Å²) in [5.74, 6) is -1.53. The zero-order valence-electron chi connectivity index (χ0n) is 10.2. The van der Waals surface area contributed by atoms with Gasteiger partial charge in [-0.15, -0.1) is 0 Å². The molecule has 0 radical (unpaired) electrons. The van der Waals surface area contributed by atoms with Crippen LogP contribution in [0.1, 0.15) is 17.3 Å². The van der Waals surface area contributed by atoms with E-state index in [0.29, 0.717) is 16.7 Å². The van der Waals surface area contributed by atoms with Crippen LogP contribution in [-0.2, 0) is 4.79 Å². The van der Waals surface area contributed by atoms with E-state index >= 15 is 0 Å². The zero-order valence-corrected chi connectivity index (χ0v) is 11.7. The number of hydrogen-bond acceptors (Lipinski definition) is 3. The molecule has 0 aromatic heterocycles. The number of carbonyl (C=O) groups is 2. The number of carboxylic acids is 1. The highest BCUT2D eigenvalue weighted by molar-refractivity contribution is 9.10. The van der Waals surface area contributed by atoms with Crippen molar-refractivity contribution < 1.29 is 14.7 Å².